The number of likely N-dealkylation sites (tertiary alicyclic amines) is 1. The first-order valence-corrected chi connectivity index (χ1v) is 9.28. The highest BCUT2D eigenvalue weighted by molar-refractivity contribution is 5.94. The van der Waals surface area contributed by atoms with Gasteiger partial charge in [0.15, 0.2) is 0 Å². The minimum absolute atomic E-state index is 0.0387. The van der Waals surface area contributed by atoms with E-state index in [9.17, 15) is 9.18 Å². The number of fused-ring (bicyclic) bond motifs is 2. The summed E-state index contributed by atoms with van der Waals surface area (Å²) in [6.07, 6.45) is 6.73. The Morgan fingerprint density at radius 2 is 2.08 bits per heavy atom. The van der Waals surface area contributed by atoms with Crippen LogP contribution in [0, 0.1) is 11.7 Å². The van der Waals surface area contributed by atoms with Gasteiger partial charge in [-0.1, -0.05) is 0 Å². The Labute approximate surface area is 152 Å². The van der Waals surface area contributed by atoms with Crippen LogP contribution in [0.25, 0.3) is 0 Å². The number of nitrogens with zero attached hydrogens (tertiary/aromatic N) is 3. The molecule has 2 aliphatic rings. The molecule has 5 nitrogen and oxygen atoms in total. The van der Waals surface area contributed by atoms with E-state index in [0.717, 1.165) is 19.3 Å². The summed E-state index contributed by atoms with van der Waals surface area (Å²) < 4.78 is 20.7. The van der Waals surface area contributed by atoms with Gasteiger partial charge in [0.25, 0.3) is 5.91 Å². The first-order chi connectivity index (χ1) is 12.5. The molecule has 1 aliphatic carbocycles. The molecule has 0 spiro atoms. The van der Waals surface area contributed by atoms with Crippen LogP contribution in [0.2, 0.25) is 0 Å². The highest BCUT2D eigenvalue weighted by Gasteiger charge is 2.48. The predicted octanol–water partition coefficient (Wildman–Crippen LogP) is 3.68. The first-order valence-electron chi connectivity index (χ1n) is 9.28. The van der Waals surface area contributed by atoms with Crippen molar-refractivity contribution in [1.29, 1.82) is 0 Å². The molecule has 4 rings (SSSR count). The van der Waals surface area contributed by atoms with E-state index >= 15 is 0 Å². The molecule has 1 saturated heterocycles. The zero-order valence-corrected chi connectivity index (χ0v) is 15.1. The van der Waals surface area contributed by atoms with E-state index in [4.69, 9.17) is 4.74 Å². The van der Waals surface area contributed by atoms with Gasteiger partial charge in [0.1, 0.15) is 18.2 Å². The van der Waals surface area contributed by atoms with Gasteiger partial charge in [-0.15, -0.1) is 0 Å². The zero-order chi connectivity index (χ0) is 18.3. The lowest BCUT2D eigenvalue weighted by Gasteiger charge is -2.35. The summed E-state index contributed by atoms with van der Waals surface area (Å²) in [6, 6.07) is 6.61. The third kappa shape index (κ3) is 3.08. The molecule has 138 valence electrons. The van der Waals surface area contributed by atoms with Crippen molar-refractivity contribution in [2.75, 3.05) is 6.61 Å². The van der Waals surface area contributed by atoms with Gasteiger partial charge in [-0.3, -0.25) is 9.48 Å². The molecule has 3 atom stereocenters. The van der Waals surface area contributed by atoms with Crippen molar-refractivity contribution in [2.45, 2.75) is 51.2 Å². The number of hydrogen-bond donors (Lipinski definition) is 0. The lowest BCUT2D eigenvalue weighted by Crippen LogP contribution is -2.47. The number of aromatic nitrogens is 2. The van der Waals surface area contributed by atoms with Crippen molar-refractivity contribution < 1.29 is 13.9 Å². The van der Waals surface area contributed by atoms with E-state index in [0.29, 0.717) is 23.8 Å². The topological polar surface area (TPSA) is 47.4 Å². The molecule has 1 aromatic heterocycles. The van der Waals surface area contributed by atoms with Crippen LogP contribution in [-0.4, -0.2) is 39.3 Å². The van der Waals surface area contributed by atoms with Crippen LogP contribution >= 0.6 is 0 Å². The Bertz CT molecular complexity index is 787. The molecule has 2 aromatic rings. The van der Waals surface area contributed by atoms with Gasteiger partial charge in [-0.25, -0.2) is 4.39 Å². The van der Waals surface area contributed by atoms with Crippen molar-refractivity contribution in [1.82, 2.24) is 14.7 Å². The van der Waals surface area contributed by atoms with E-state index in [1.54, 1.807) is 18.3 Å². The van der Waals surface area contributed by atoms with Crippen LogP contribution in [0.1, 0.15) is 49.5 Å². The quantitative estimate of drug-likeness (QED) is 0.820. The van der Waals surface area contributed by atoms with Crippen LogP contribution in [0.5, 0.6) is 5.75 Å². The van der Waals surface area contributed by atoms with Gasteiger partial charge in [0.2, 0.25) is 0 Å². The Hall–Kier alpha value is -2.37. The van der Waals surface area contributed by atoms with E-state index in [-0.39, 0.29) is 29.8 Å². The number of piperidine rings is 1. The second-order valence-electron chi connectivity index (χ2n) is 7.57. The summed E-state index contributed by atoms with van der Waals surface area (Å²) in [5.41, 5.74) is 0.637. The number of rotatable bonds is 5. The Balaban J connectivity index is 1.49. The normalized spacial score (nSPS) is 24.5. The van der Waals surface area contributed by atoms with Gasteiger partial charge in [-0.2, -0.15) is 5.10 Å². The molecule has 1 amide bonds. The Kier molecular flexibility index (Phi) is 4.42. The number of benzene rings is 1. The largest absolute Gasteiger partial charge is 0.491 e. The first kappa shape index (κ1) is 17.1. The number of hydrogen-bond acceptors (Lipinski definition) is 3. The summed E-state index contributed by atoms with van der Waals surface area (Å²) in [5.74, 6) is 0.867. The number of carbonyl (C=O) groups is 1. The molecule has 1 saturated carbocycles. The minimum Gasteiger partial charge on any atom is -0.491 e. The standard InChI is InChI=1S/C20H24FN3O2/c1-13(2)23-11-15(10-22-23)20(25)24-17-6-3-14(9-17)19(24)12-26-18-7-4-16(21)5-8-18/h4-5,7-8,10-11,13-14,17,19H,3,6,9,12H2,1-2H3/t14?,17?,19-/m0/s1. The molecule has 26 heavy (non-hydrogen) atoms. The van der Waals surface area contributed by atoms with Gasteiger partial charge in [0, 0.05) is 18.3 Å². The molecule has 2 heterocycles. The van der Waals surface area contributed by atoms with Gasteiger partial charge in [-0.05, 0) is 63.3 Å². The summed E-state index contributed by atoms with van der Waals surface area (Å²) >= 11 is 0. The van der Waals surface area contributed by atoms with E-state index < -0.39 is 0 Å². The molecular formula is C20H24FN3O2. The van der Waals surface area contributed by atoms with E-state index in [2.05, 4.69) is 5.10 Å². The minimum atomic E-state index is -0.281. The number of amides is 1. The lowest BCUT2D eigenvalue weighted by atomic mass is 9.99. The lowest BCUT2D eigenvalue weighted by molar-refractivity contribution is 0.0505. The number of halogens is 1. The second-order valence-corrected chi connectivity index (χ2v) is 7.57. The second kappa shape index (κ2) is 6.74. The van der Waals surface area contributed by atoms with E-state index in [1.165, 1.54) is 12.1 Å². The molecule has 0 radical (unpaired) electrons. The van der Waals surface area contributed by atoms with Crippen LogP contribution in [0.3, 0.4) is 0 Å². The van der Waals surface area contributed by atoms with Crippen LogP contribution < -0.4 is 4.74 Å². The molecular weight excluding hydrogens is 333 g/mol. The summed E-state index contributed by atoms with van der Waals surface area (Å²) in [6.45, 7) is 4.52. The number of carbonyl (C=O) groups excluding carboxylic acids is 1. The fourth-order valence-electron chi connectivity index (χ4n) is 4.22. The van der Waals surface area contributed by atoms with Gasteiger partial charge in [0.05, 0.1) is 17.8 Å². The van der Waals surface area contributed by atoms with E-state index in [1.807, 2.05) is 29.6 Å². The average Bonchev–Trinajstić information content (AvgIpc) is 3.36. The van der Waals surface area contributed by atoms with Crippen molar-refractivity contribution in [2.24, 2.45) is 5.92 Å². The van der Waals surface area contributed by atoms with Crippen LogP contribution in [-0.2, 0) is 0 Å². The van der Waals surface area contributed by atoms with Crippen molar-refractivity contribution in [3.63, 3.8) is 0 Å². The highest BCUT2D eigenvalue weighted by atomic mass is 19.1. The molecule has 0 N–H and O–H groups in total. The third-order valence-electron chi connectivity index (χ3n) is 5.59. The Morgan fingerprint density at radius 3 is 2.77 bits per heavy atom. The summed E-state index contributed by atoms with van der Waals surface area (Å²) in [4.78, 5) is 15.1. The van der Waals surface area contributed by atoms with Crippen molar-refractivity contribution >= 4 is 5.91 Å². The maximum absolute atomic E-state index is 13.1. The molecule has 1 aliphatic heterocycles. The van der Waals surface area contributed by atoms with Gasteiger partial charge >= 0.3 is 0 Å². The van der Waals surface area contributed by atoms with Crippen molar-refractivity contribution in [3.8, 4) is 5.75 Å². The summed E-state index contributed by atoms with van der Waals surface area (Å²) in [5, 5.41) is 4.30. The Morgan fingerprint density at radius 1 is 1.31 bits per heavy atom. The van der Waals surface area contributed by atoms with Crippen LogP contribution in [0.4, 0.5) is 4.39 Å². The summed E-state index contributed by atoms with van der Waals surface area (Å²) in [7, 11) is 0. The molecule has 2 bridgehead atoms. The molecule has 2 fully saturated rings. The zero-order valence-electron chi connectivity index (χ0n) is 15.1. The van der Waals surface area contributed by atoms with Crippen LogP contribution in [0.15, 0.2) is 36.7 Å². The molecule has 6 heteroatoms. The molecule has 2 unspecified atom stereocenters. The SMILES string of the molecule is CC(C)n1cc(C(=O)N2C3CCC(C3)[C@@H]2COc2ccc(F)cc2)cn1. The average molecular weight is 357 g/mol. The fraction of sp³-hybridized carbons (Fsp3) is 0.500. The van der Waals surface area contributed by atoms with Crippen molar-refractivity contribution in [3.05, 3.63) is 48.0 Å². The van der Waals surface area contributed by atoms with Gasteiger partial charge < -0.3 is 9.64 Å². The third-order valence-corrected chi connectivity index (χ3v) is 5.59. The predicted molar refractivity (Wildman–Crippen MR) is 95.6 cm³/mol. The maximum atomic E-state index is 13.1. The monoisotopic (exact) mass is 357 g/mol. The number of ether oxygens (including phenoxy) is 1. The fourth-order valence-corrected chi connectivity index (χ4v) is 4.22. The maximum Gasteiger partial charge on any atom is 0.257 e. The highest BCUT2D eigenvalue weighted by Crippen LogP contribution is 2.43. The smallest absolute Gasteiger partial charge is 0.257 e. The molecule has 1 aromatic carbocycles.